The molecule has 6 rings (SSSR count). The van der Waals surface area contributed by atoms with E-state index in [-0.39, 0.29) is 5.91 Å². The van der Waals surface area contributed by atoms with Crippen molar-refractivity contribution < 1.29 is 19.4 Å². The van der Waals surface area contributed by atoms with Crippen molar-refractivity contribution in [2.75, 3.05) is 19.5 Å². The monoisotopic (exact) mass is 414 g/mol. The summed E-state index contributed by atoms with van der Waals surface area (Å²) in [5, 5.41) is 16.5. The highest BCUT2D eigenvalue weighted by molar-refractivity contribution is 7.14. The molecule has 0 saturated heterocycles. The average molecular weight is 415 g/mol. The minimum absolute atomic E-state index is 0.0261. The molecule has 154 valence electrons. The Morgan fingerprint density at radius 1 is 1.17 bits per heavy atom. The van der Waals surface area contributed by atoms with Crippen molar-refractivity contribution in [1.29, 1.82) is 0 Å². The Labute approximate surface area is 174 Å². The molecule has 0 spiro atoms. The minimum Gasteiger partial charge on any atom is -0.493 e. The number of aliphatic hydroxyl groups is 1. The summed E-state index contributed by atoms with van der Waals surface area (Å²) in [5.41, 5.74) is 0.613. The summed E-state index contributed by atoms with van der Waals surface area (Å²) in [7, 11) is 3.21. The molecule has 0 unspecified atom stereocenters. The molecular weight excluding hydrogens is 388 g/mol. The van der Waals surface area contributed by atoms with Gasteiger partial charge in [0.2, 0.25) is 5.91 Å². The molecule has 6 nitrogen and oxygen atoms in total. The molecule has 4 aliphatic rings. The van der Waals surface area contributed by atoms with Crippen LogP contribution in [0, 0.1) is 17.3 Å². The molecule has 2 N–H and O–H groups in total. The number of amides is 1. The van der Waals surface area contributed by atoms with Gasteiger partial charge >= 0.3 is 0 Å². The van der Waals surface area contributed by atoms with Crippen molar-refractivity contribution in [3.63, 3.8) is 0 Å². The first-order valence-corrected chi connectivity index (χ1v) is 11.0. The van der Waals surface area contributed by atoms with Crippen molar-refractivity contribution in [2.45, 2.75) is 44.1 Å². The lowest BCUT2D eigenvalue weighted by atomic mass is 9.47. The van der Waals surface area contributed by atoms with Crippen LogP contribution in [0.25, 0.3) is 11.3 Å². The average Bonchev–Trinajstić information content (AvgIpc) is 3.14. The predicted octanol–water partition coefficient (Wildman–Crippen LogP) is 4.10. The van der Waals surface area contributed by atoms with E-state index in [0.29, 0.717) is 34.9 Å². The number of rotatable bonds is 5. The molecule has 1 aromatic carbocycles. The molecule has 4 bridgehead atoms. The Morgan fingerprint density at radius 3 is 2.55 bits per heavy atom. The van der Waals surface area contributed by atoms with E-state index in [1.807, 2.05) is 23.6 Å². The van der Waals surface area contributed by atoms with E-state index in [1.165, 1.54) is 11.3 Å². The number of methoxy groups -OCH3 is 2. The molecule has 2 atom stereocenters. The fourth-order valence-corrected chi connectivity index (χ4v) is 6.88. The Morgan fingerprint density at radius 2 is 1.90 bits per heavy atom. The van der Waals surface area contributed by atoms with Gasteiger partial charge in [-0.05, 0) is 68.6 Å². The summed E-state index contributed by atoms with van der Waals surface area (Å²) in [6, 6.07) is 5.66. The lowest BCUT2D eigenvalue weighted by Crippen LogP contribution is -2.59. The molecule has 7 heteroatoms. The van der Waals surface area contributed by atoms with Crippen LogP contribution in [0.2, 0.25) is 0 Å². The fourth-order valence-electron chi connectivity index (χ4n) is 6.17. The van der Waals surface area contributed by atoms with Gasteiger partial charge in [-0.25, -0.2) is 4.98 Å². The third kappa shape index (κ3) is 3.20. The zero-order valence-electron chi connectivity index (χ0n) is 16.7. The van der Waals surface area contributed by atoms with Crippen LogP contribution in [0.1, 0.15) is 38.5 Å². The molecule has 1 amide bonds. The number of carbonyl (C=O) groups excluding carboxylic acids is 1. The van der Waals surface area contributed by atoms with Crippen LogP contribution >= 0.6 is 11.3 Å². The second kappa shape index (κ2) is 6.71. The van der Waals surface area contributed by atoms with Crippen molar-refractivity contribution in [1.82, 2.24) is 4.98 Å². The smallest absolute Gasteiger partial charge is 0.232 e. The summed E-state index contributed by atoms with van der Waals surface area (Å²) >= 11 is 1.42. The molecule has 4 aliphatic carbocycles. The van der Waals surface area contributed by atoms with Gasteiger partial charge < -0.3 is 19.9 Å². The number of benzene rings is 1. The largest absolute Gasteiger partial charge is 0.493 e. The number of thiazole rings is 1. The molecule has 2 aromatic rings. The van der Waals surface area contributed by atoms with Crippen LogP contribution in [0.5, 0.6) is 11.5 Å². The number of nitrogens with one attached hydrogen (secondary N) is 1. The first-order chi connectivity index (χ1) is 13.9. The van der Waals surface area contributed by atoms with Gasteiger partial charge in [0, 0.05) is 10.9 Å². The molecule has 1 aromatic heterocycles. The Hall–Kier alpha value is -2.12. The van der Waals surface area contributed by atoms with Crippen LogP contribution in [0.15, 0.2) is 23.6 Å². The molecule has 4 fully saturated rings. The fraction of sp³-hybridized carbons (Fsp3) is 0.545. The first-order valence-electron chi connectivity index (χ1n) is 10.1. The second-order valence-electron chi connectivity index (χ2n) is 9.03. The molecular formula is C22H26N2O4S. The van der Waals surface area contributed by atoms with E-state index in [0.717, 1.165) is 43.4 Å². The number of nitrogens with zero attached hydrogens (tertiary/aromatic N) is 1. The zero-order valence-corrected chi connectivity index (χ0v) is 17.6. The van der Waals surface area contributed by atoms with Gasteiger partial charge in [-0.2, -0.15) is 0 Å². The normalized spacial score (nSPS) is 32.2. The molecule has 0 aliphatic heterocycles. The maximum Gasteiger partial charge on any atom is 0.232 e. The maximum atomic E-state index is 13.2. The summed E-state index contributed by atoms with van der Waals surface area (Å²) in [6.45, 7) is 0. The van der Waals surface area contributed by atoms with Gasteiger partial charge in [0.25, 0.3) is 0 Å². The molecule has 29 heavy (non-hydrogen) atoms. The highest BCUT2D eigenvalue weighted by Crippen LogP contribution is 2.61. The van der Waals surface area contributed by atoms with E-state index in [9.17, 15) is 9.90 Å². The lowest BCUT2D eigenvalue weighted by Gasteiger charge is -2.59. The van der Waals surface area contributed by atoms with E-state index in [2.05, 4.69) is 10.3 Å². The van der Waals surface area contributed by atoms with E-state index >= 15 is 0 Å². The van der Waals surface area contributed by atoms with Gasteiger partial charge in [-0.15, -0.1) is 11.3 Å². The van der Waals surface area contributed by atoms with Crippen LogP contribution in [-0.2, 0) is 4.79 Å². The van der Waals surface area contributed by atoms with Crippen LogP contribution in [-0.4, -0.2) is 35.8 Å². The van der Waals surface area contributed by atoms with E-state index in [1.54, 1.807) is 14.2 Å². The number of carbonyl (C=O) groups is 1. The third-order valence-corrected chi connectivity index (χ3v) is 7.67. The van der Waals surface area contributed by atoms with E-state index in [4.69, 9.17) is 9.47 Å². The zero-order chi connectivity index (χ0) is 20.2. The SMILES string of the molecule is COc1ccc(-c2csc(NC(=O)C34C[C@H]5C[C@@H](CC(O)(C5)C3)C4)n2)cc1OC. The van der Waals surface area contributed by atoms with E-state index < -0.39 is 11.0 Å². The quantitative estimate of drug-likeness (QED) is 0.770. The highest BCUT2D eigenvalue weighted by Gasteiger charge is 2.60. The molecule has 1 heterocycles. The Balaban J connectivity index is 1.35. The van der Waals surface area contributed by atoms with Gasteiger partial charge in [-0.3, -0.25) is 4.79 Å². The predicted molar refractivity (Wildman–Crippen MR) is 111 cm³/mol. The number of hydrogen-bond donors (Lipinski definition) is 2. The van der Waals surface area contributed by atoms with Crippen LogP contribution < -0.4 is 14.8 Å². The third-order valence-electron chi connectivity index (χ3n) is 6.92. The van der Waals surface area contributed by atoms with Gasteiger partial charge in [-0.1, -0.05) is 0 Å². The topological polar surface area (TPSA) is 80.7 Å². The minimum atomic E-state index is -0.644. The molecule has 4 saturated carbocycles. The highest BCUT2D eigenvalue weighted by atomic mass is 32.1. The summed E-state index contributed by atoms with van der Waals surface area (Å²) in [4.78, 5) is 17.9. The number of ether oxygens (including phenoxy) is 2. The van der Waals surface area contributed by atoms with Crippen molar-refractivity contribution in [2.24, 2.45) is 17.3 Å². The maximum absolute atomic E-state index is 13.2. The van der Waals surface area contributed by atoms with Gasteiger partial charge in [0.05, 0.1) is 30.9 Å². The van der Waals surface area contributed by atoms with Crippen molar-refractivity contribution >= 4 is 22.4 Å². The molecule has 0 radical (unpaired) electrons. The number of hydrogen-bond acceptors (Lipinski definition) is 6. The van der Waals surface area contributed by atoms with Crippen molar-refractivity contribution in [3.8, 4) is 22.8 Å². The Bertz CT molecular complexity index is 942. The first kappa shape index (κ1) is 18.9. The Kier molecular flexibility index (Phi) is 4.37. The van der Waals surface area contributed by atoms with Gasteiger partial charge in [0.15, 0.2) is 16.6 Å². The number of anilines is 1. The summed E-state index contributed by atoms with van der Waals surface area (Å²) in [5.74, 6) is 2.29. The van der Waals surface area contributed by atoms with Crippen molar-refractivity contribution in [3.05, 3.63) is 23.6 Å². The summed E-state index contributed by atoms with van der Waals surface area (Å²) < 4.78 is 10.7. The lowest BCUT2D eigenvalue weighted by molar-refractivity contribution is -0.174. The van der Waals surface area contributed by atoms with Gasteiger partial charge in [0.1, 0.15) is 0 Å². The summed E-state index contributed by atoms with van der Waals surface area (Å²) in [6.07, 6.45) is 5.26. The second-order valence-corrected chi connectivity index (χ2v) is 9.89. The van der Waals surface area contributed by atoms with Crippen LogP contribution in [0.4, 0.5) is 5.13 Å². The van der Waals surface area contributed by atoms with Crippen LogP contribution in [0.3, 0.4) is 0 Å². The number of aromatic nitrogens is 1. The standard InChI is InChI=1S/C22H26N2O4S/c1-27-17-4-3-15(6-18(17)28-2)16-11-29-20(23-16)24-19(25)21-7-13-5-14(8-21)10-22(26,9-13)12-21/h3-4,6,11,13-14,26H,5,7-10,12H2,1-2H3,(H,23,24,25)/t13-,14-,21?,22?/m1/s1.